The number of amides is 1. The van der Waals surface area contributed by atoms with E-state index in [-0.39, 0.29) is 34.9 Å². The fourth-order valence-corrected chi connectivity index (χ4v) is 6.72. The zero-order chi connectivity index (χ0) is 30.9. The summed E-state index contributed by atoms with van der Waals surface area (Å²) >= 11 is 0. The Kier molecular flexibility index (Phi) is 8.33. The molecule has 0 atom stereocenters. The highest BCUT2D eigenvalue weighted by Gasteiger charge is 2.33. The Hall–Kier alpha value is -4.15. The van der Waals surface area contributed by atoms with Gasteiger partial charge in [-0.3, -0.25) is 19.1 Å². The standard InChI is InChI=1S/C35H38FN5O4/c36-27-20-31-32(37-21-27)40(35(44)41(34(31)43)29-13-11-28(12-14-29)38-33(42)25-9-10-25)30-4-1-3-26(19-30)24-7-5-23(6-8-24)22-39-15-2-17-45-18-16-39/h1,3-8,19-21,25,28-29H,2,9-18,22H2,(H,38,42). The Morgan fingerprint density at radius 2 is 1.73 bits per heavy atom. The molecule has 234 valence electrons. The number of fused-ring (bicyclic) bond motifs is 1. The fourth-order valence-electron chi connectivity index (χ4n) is 6.72. The molecule has 3 heterocycles. The van der Waals surface area contributed by atoms with Crippen LogP contribution in [0.2, 0.25) is 0 Å². The molecule has 2 saturated carbocycles. The second-order valence-electron chi connectivity index (χ2n) is 12.6. The van der Waals surface area contributed by atoms with E-state index in [0.717, 1.165) is 75.5 Å². The predicted octanol–water partition coefficient (Wildman–Crippen LogP) is 4.59. The summed E-state index contributed by atoms with van der Waals surface area (Å²) in [5, 5.41) is 3.19. The number of nitrogens with one attached hydrogen (secondary N) is 1. The van der Waals surface area contributed by atoms with Gasteiger partial charge in [0.15, 0.2) is 5.65 Å². The van der Waals surface area contributed by atoms with Crippen LogP contribution in [0.1, 0.15) is 56.6 Å². The molecule has 2 aromatic carbocycles. The summed E-state index contributed by atoms with van der Waals surface area (Å²) in [6.45, 7) is 4.38. The smallest absolute Gasteiger partial charge is 0.337 e. The highest BCUT2D eigenvalue weighted by Crippen LogP contribution is 2.32. The number of carbonyl (C=O) groups is 1. The molecule has 1 N–H and O–H groups in total. The molecule has 0 radical (unpaired) electrons. The van der Waals surface area contributed by atoms with Gasteiger partial charge >= 0.3 is 5.69 Å². The summed E-state index contributed by atoms with van der Waals surface area (Å²) in [6.07, 6.45) is 6.43. The van der Waals surface area contributed by atoms with E-state index in [9.17, 15) is 18.8 Å². The Morgan fingerprint density at radius 1 is 0.933 bits per heavy atom. The quantitative estimate of drug-likeness (QED) is 0.329. The van der Waals surface area contributed by atoms with Gasteiger partial charge in [-0.2, -0.15) is 0 Å². The summed E-state index contributed by atoms with van der Waals surface area (Å²) in [5.74, 6) is -0.398. The van der Waals surface area contributed by atoms with Crippen LogP contribution in [0, 0.1) is 11.7 Å². The average Bonchev–Trinajstić information content (AvgIpc) is 3.92. The highest BCUT2D eigenvalue weighted by atomic mass is 19.1. The number of aromatic nitrogens is 3. The van der Waals surface area contributed by atoms with E-state index in [4.69, 9.17) is 4.74 Å². The van der Waals surface area contributed by atoms with Gasteiger partial charge in [-0.1, -0.05) is 36.4 Å². The summed E-state index contributed by atoms with van der Waals surface area (Å²) in [7, 11) is 0. The van der Waals surface area contributed by atoms with Gasteiger partial charge in [0.05, 0.1) is 23.9 Å². The van der Waals surface area contributed by atoms with E-state index in [0.29, 0.717) is 31.4 Å². The van der Waals surface area contributed by atoms with Crippen LogP contribution >= 0.6 is 0 Å². The topological polar surface area (TPSA) is 98.5 Å². The number of carbonyl (C=O) groups excluding carboxylic acids is 1. The molecule has 0 bridgehead atoms. The second-order valence-corrected chi connectivity index (χ2v) is 12.6. The van der Waals surface area contributed by atoms with E-state index < -0.39 is 17.1 Å². The molecule has 7 rings (SSSR count). The van der Waals surface area contributed by atoms with Crippen LogP contribution in [-0.2, 0) is 16.1 Å². The number of hydrogen-bond acceptors (Lipinski definition) is 6. The molecule has 3 aliphatic rings. The normalized spacial score (nSPS) is 21.0. The van der Waals surface area contributed by atoms with Crippen molar-refractivity contribution < 1.29 is 13.9 Å². The minimum Gasteiger partial charge on any atom is -0.380 e. The van der Waals surface area contributed by atoms with E-state index in [1.54, 1.807) is 0 Å². The first-order valence-electron chi connectivity index (χ1n) is 16.1. The molecule has 1 amide bonds. The van der Waals surface area contributed by atoms with Crippen molar-refractivity contribution in [3.8, 4) is 16.8 Å². The van der Waals surface area contributed by atoms with Crippen LogP contribution in [0.25, 0.3) is 27.8 Å². The SMILES string of the molecule is O=C(NC1CCC(n2c(=O)c3cc(F)cnc3n(-c3cccc(-c4ccc(CN5CCCOCC5)cc4)c3)c2=O)CC1)C1CC1. The van der Waals surface area contributed by atoms with Gasteiger partial charge in [0.25, 0.3) is 5.56 Å². The van der Waals surface area contributed by atoms with Crippen molar-refractivity contribution in [2.24, 2.45) is 5.92 Å². The van der Waals surface area contributed by atoms with Crippen LogP contribution in [0.15, 0.2) is 70.4 Å². The minimum absolute atomic E-state index is 0.0354. The number of hydrogen-bond donors (Lipinski definition) is 1. The lowest BCUT2D eigenvalue weighted by molar-refractivity contribution is -0.123. The van der Waals surface area contributed by atoms with Gasteiger partial charge in [-0.15, -0.1) is 0 Å². The molecule has 2 aromatic heterocycles. The van der Waals surface area contributed by atoms with Crippen molar-refractivity contribution in [1.29, 1.82) is 0 Å². The molecule has 1 aliphatic heterocycles. The lowest BCUT2D eigenvalue weighted by Crippen LogP contribution is -2.45. The molecule has 4 aromatic rings. The first kappa shape index (κ1) is 29.6. The Bertz CT molecular complexity index is 1820. The first-order chi connectivity index (χ1) is 21.9. The van der Waals surface area contributed by atoms with Gasteiger partial charge in [0.1, 0.15) is 5.82 Å². The molecule has 3 fully saturated rings. The van der Waals surface area contributed by atoms with Crippen LogP contribution in [0.4, 0.5) is 4.39 Å². The van der Waals surface area contributed by atoms with Gasteiger partial charge < -0.3 is 10.1 Å². The maximum absolute atomic E-state index is 14.4. The molecule has 45 heavy (non-hydrogen) atoms. The summed E-state index contributed by atoms with van der Waals surface area (Å²) in [5.41, 5.74) is 2.78. The number of benzene rings is 2. The number of nitrogens with zero attached hydrogens (tertiary/aromatic N) is 4. The fraction of sp³-hybridized carbons (Fsp3) is 0.429. The van der Waals surface area contributed by atoms with E-state index in [1.165, 1.54) is 14.7 Å². The third-order valence-corrected chi connectivity index (χ3v) is 9.36. The number of halogens is 1. The van der Waals surface area contributed by atoms with Crippen molar-refractivity contribution in [3.05, 3.63) is 93.0 Å². The van der Waals surface area contributed by atoms with E-state index in [2.05, 4.69) is 39.5 Å². The predicted molar refractivity (Wildman–Crippen MR) is 170 cm³/mol. The maximum Gasteiger partial charge on any atom is 0.337 e. The lowest BCUT2D eigenvalue weighted by Gasteiger charge is -2.30. The largest absolute Gasteiger partial charge is 0.380 e. The molecule has 2 aliphatic carbocycles. The van der Waals surface area contributed by atoms with Crippen LogP contribution in [-0.4, -0.2) is 57.3 Å². The molecular weight excluding hydrogens is 573 g/mol. The summed E-state index contributed by atoms with van der Waals surface area (Å²) < 4.78 is 22.7. The Morgan fingerprint density at radius 3 is 2.51 bits per heavy atom. The van der Waals surface area contributed by atoms with Gasteiger partial charge in [-0.05, 0) is 79.8 Å². The zero-order valence-corrected chi connectivity index (χ0v) is 25.3. The summed E-state index contributed by atoms with van der Waals surface area (Å²) in [4.78, 5) is 46.8. The lowest BCUT2D eigenvalue weighted by atomic mass is 9.90. The van der Waals surface area contributed by atoms with Gasteiger partial charge in [-0.25, -0.2) is 18.7 Å². The Balaban J connectivity index is 1.19. The number of ether oxygens (including phenoxy) is 1. The van der Waals surface area contributed by atoms with Crippen molar-refractivity contribution in [1.82, 2.24) is 24.3 Å². The van der Waals surface area contributed by atoms with Crippen molar-refractivity contribution in [2.45, 2.75) is 63.6 Å². The monoisotopic (exact) mass is 611 g/mol. The molecule has 10 heteroatoms. The van der Waals surface area contributed by atoms with Crippen LogP contribution in [0.3, 0.4) is 0 Å². The van der Waals surface area contributed by atoms with Crippen LogP contribution < -0.4 is 16.6 Å². The van der Waals surface area contributed by atoms with Crippen molar-refractivity contribution >= 4 is 16.9 Å². The molecule has 0 unspecified atom stereocenters. The second kappa shape index (κ2) is 12.7. The first-order valence-corrected chi connectivity index (χ1v) is 16.1. The maximum atomic E-state index is 14.4. The molecule has 1 saturated heterocycles. The number of rotatable bonds is 7. The van der Waals surface area contributed by atoms with E-state index >= 15 is 0 Å². The molecular formula is C35H38FN5O4. The van der Waals surface area contributed by atoms with Crippen molar-refractivity contribution in [3.63, 3.8) is 0 Å². The third kappa shape index (κ3) is 6.35. The number of pyridine rings is 1. The zero-order valence-electron chi connectivity index (χ0n) is 25.3. The van der Waals surface area contributed by atoms with Crippen LogP contribution in [0.5, 0.6) is 0 Å². The molecule has 9 nitrogen and oxygen atoms in total. The highest BCUT2D eigenvalue weighted by molar-refractivity contribution is 5.81. The Labute approximate surface area is 260 Å². The minimum atomic E-state index is -0.635. The average molecular weight is 612 g/mol. The third-order valence-electron chi connectivity index (χ3n) is 9.36. The molecule has 0 spiro atoms. The van der Waals surface area contributed by atoms with Crippen molar-refractivity contribution in [2.75, 3.05) is 26.3 Å². The summed E-state index contributed by atoms with van der Waals surface area (Å²) in [6, 6.07) is 16.8. The van der Waals surface area contributed by atoms with Gasteiger partial charge in [0.2, 0.25) is 5.91 Å². The van der Waals surface area contributed by atoms with Gasteiger partial charge in [0, 0.05) is 44.2 Å². The van der Waals surface area contributed by atoms with E-state index in [1.807, 2.05) is 24.3 Å².